The van der Waals surface area contributed by atoms with Gasteiger partial charge in [0, 0.05) is 0 Å². The molecule has 1 atom stereocenters. The summed E-state index contributed by atoms with van der Waals surface area (Å²) in [5, 5.41) is 2.40. The molecule has 25 heavy (non-hydrogen) atoms. The maximum absolute atomic E-state index is 12.5. The average molecular weight is 340 g/mol. The van der Waals surface area contributed by atoms with Crippen LogP contribution < -0.4 is 4.74 Å². The molecule has 0 amide bonds. The third-order valence-corrected chi connectivity index (χ3v) is 5.84. The van der Waals surface area contributed by atoms with Crippen LogP contribution >= 0.6 is 0 Å². The number of hydrogen-bond acceptors (Lipinski definition) is 3. The lowest BCUT2D eigenvalue weighted by atomic mass is 9.69. The zero-order valence-corrected chi connectivity index (χ0v) is 16.2. The zero-order valence-electron chi connectivity index (χ0n) is 16.2. The maximum atomic E-state index is 12.5. The van der Waals surface area contributed by atoms with E-state index < -0.39 is 5.41 Å². The molecule has 1 aliphatic rings. The van der Waals surface area contributed by atoms with Gasteiger partial charge >= 0.3 is 5.97 Å². The molecule has 0 aromatic heterocycles. The van der Waals surface area contributed by atoms with E-state index in [2.05, 4.69) is 39.0 Å². The van der Waals surface area contributed by atoms with Gasteiger partial charge in [0.05, 0.1) is 19.6 Å². The number of ether oxygens (including phenoxy) is 2. The second-order valence-electron chi connectivity index (χ2n) is 7.67. The lowest BCUT2D eigenvalue weighted by molar-refractivity contribution is -0.147. The second-order valence-corrected chi connectivity index (χ2v) is 7.67. The molecule has 1 aliphatic carbocycles. The Hall–Kier alpha value is -2.03. The molecule has 3 nitrogen and oxygen atoms in total. The van der Waals surface area contributed by atoms with Crippen molar-refractivity contribution in [2.75, 3.05) is 14.2 Å². The number of carbonyl (C=O) groups is 1. The molecule has 0 N–H and O–H groups in total. The van der Waals surface area contributed by atoms with Crippen molar-refractivity contribution in [3.63, 3.8) is 0 Å². The molecule has 0 radical (unpaired) electrons. The molecule has 2 aromatic carbocycles. The Morgan fingerprint density at radius 1 is 1.20 bits per heavy atom. The van der Waals surface area contributed by atoms with E-state index in [4.69, 9.17) is 9.47 Å². The third-order valence-electron chi connectivity index (χ3n) is 5.84. The van der Waals surface area contributed by atoms with Crippen LogP contribution in [0.5, 0.6) is 5.75 Å². The Morgan fingerprint density at radius 2 is 1.92 bits per heavy atom. The smallest absolute Gasteiger partial charge is 0.316 e. The summed E-state index contributed by atoms with van der Waals surface area (Å²) in [4.78, 5) is 12.5. The first kappa shape index (κ1) is 17.8. The number of fused-ring (bicyclic) bond motifs is 2. The standard InChI is InChI=1S/C22H28O3/c1-13(2)17-10-15-11-19-16(14(3)18(15)12-20(17)24-5)8-7-9-22(19,4)21(23)25-6/h10-13H,7-9H2,1-6H3/t22-/m1/s1. The van der Waals surface area contributed by atoms with Gasteiger partial charge in [-0.05, 0) is 90.3 Å². The predicted octanol–water partition coefficient (Wildman–Crippen LogP) is 5.05. The first-order valence-corrected chi connectivity index (χ1v) is 9.06. The summed E-state index contributed by atoms with van der Waals surface area (Å²) in [5.41, 5.74) is 4.33. The lowest BCUT2D eigenvalue weighted by Crippen LogP contribution is -2.37. The van der Waals surface area contributed by atoms with Crippen molar-refractivity contribution in [2.45, 2.75) is 58.3 Å². The Labute approximate surface area is 150 Å². The highest BCUT2D eigenvalue weighted by Crippen LogP contribution is 2.43. The molecule has 2 aromatic rings. The number of hydrogen-bond donors (Lipinski definition) is 0. The Bertz CT molecular complexity index is 835. The maximum Gasteiger partial charge on any atom is 0.316 e. The van der Waals surface area contributed by atoms with E-state index in [1.165, 1.54) is 34.6 Å². The SMILES string of the molecule is COC(=O)[C@]1(C)CCCc2c1cc1cc(C(C)C)c(OC)cc1c2C. The molecule has 0 aliphatic heterocycles. The molecule has 3 rings (SSSR count). The van der Waals surface area contributed by atoms with Crippen LogP contribution in [0.1, 0.15) is 61.8 Å². The zero-order chi connectivity index (χ0) is 18.4. The van der Waals surface area contributed by atoms with Gasteiger partial charge < -0.3 is 9.47 Å². The van der Waals surface area contributed by atoms with Crippen LogP contribution in [0, 0.1) is 6.92 Å². The van der Waals surface area contributed by atoms with Gasteiger partial charge in [0.1, 0.15) is 5.75 Å². The van der Waals surface area contributed by atoms with Crippen LogP contribution in [-0.4, -0.2) is 20.2 Å². The number of carbonyl (C=O) groups excluding carboxylic acids is 1. The van der Waals surface area contributed by atoms with E-state index in [0.29, 0.717) is 5.92 Å². The number of esters is 1. The quantitative estimate of drug-likeness (QED) is 0.734. The van der Waals surface area contributed by atoms with Gasteiger partial charge in [-0.25, -0.2) is 0 Å². The minimum atomic E-state index is -0.556. The van der Waals surface area contributed by atoms with Crippen molar-refractivity contribution in [3.05, 3.63) is 40.5 Å². The van der Waals surface area contributed by atoms with E-state index in [-0.39, 0.29) is 5.97 Å². The van der Waals surface area contributed by atoms with Crippen LogP contribution in [0.4, 0.5) is 0 Å². The van der Waals surface area contributed by atoms with Gasteiger partial charge in [0.25, 0.3) is 0 Å². The highest BCUT2D eigenvalue weighted by Gasteiger charge is 2.40. The van der Waals surface area contributed by atoms with Crippen molar-refractivity contribution >= 4 is 16.7 Å². The highest BCUT2D eigenvalue weighted by atomic mass is 16.5. The first-order valence-electron chi connectivity index (χ1n) is 9.06. The van der Waals surface area contributed by atoms with Gasteiger partial charge in [-0.15, -0.1) is 0 Å². The molecule has 0 fully saturated rings. The van der Waals surface area contributed by atoms with Gasteiger partial charge in [-0.3, -0.25) is 4.79 Å². The lowest BCUT2D eigenvalue weighted by Gasteiger charge is -2.35. The van der Waals surface area contributed by atoms with E-state index in [1.807, 2.05) is 6.92 Å². The number of aryl methyl sites for hydroxylation is 1. The molecule has 0 bridgehead atoms. The summed E-state index contributed by atoms with van der Waals surface area (Å²) >= 11 is 0. The summed E-state index contributed by atoms with van der Waals surface area (Å²) < 4.78 is 10.8. The van der Waals surface area contributed by atoms with Crippen molar-refractivity contribution in [3.8, 4) is 5.75 Å². The molecule has 0 spiro atoms. The van der Waals surface area contributed by atoms with E-state index >= 15 is 0 Å². The van der Waals surface area contributed by atoms with Gasteiger partial charge in [0.2, 0.25) is 0 Å². The summed E-state index contributed by atoms with van der Waals surface area (Å²) in [7, 11) is 3.21. The van der Waals surface area contributed by atoms with Gasteiger partial charge in [-0.1, -0.05) is 13.8 Å². The van der Waals surface area contributed by atoms with Gasteiger partial charge in [0.15, 0.2) is 0 Å². The fraction of sp³-hybridized carbons (Fsp3) is 0.500. The van der Waals surface area contributed by atoms with E-state index in [1.54, 1.807) is 7.11 Å². The van der Waals surface area contributed by atoms with Gasteiger partial charge in [-0.2, -0.15) is 0 Å². The molecule has 0 heterocycles. The minimum Gasteiger partial charge on any atom is -0.496 e. The highest BCUT2D eigenvalue weighted by molar-refractivity contribution is 5.93. The van der Waals surface area contributed by atoms with Crippen LogP contribution in [-0.2, 0) is 21.4 Å². The number of benzene rings is 2. The first-order chi connectivity index (χ1) is 11.8. The number of rotatable bonds is 3. The second kappa shape index (κ2) is 6.36. The average Bonchev–Trinajstić information content (AvgIpc) is 2.61. The molecule has 0 saturated heterocycles. The summed E-state index contributed by atoms with van der Waals surface area (Å²) in [5.74, 6) is 1.18. The topological polar surface area (TPSA) is 35.5 Å². The van der Waals surface area contributed by atoms with Crippen molar-refractivity contribution < 1.29 is 14.3 Å². The summed E-state index contributed by atoms with van der Waals surface area (Å²) in [6, 6.07) is 6.59. The third kappa shape index (κ3) is 2.70. The molecule has 3 heteroatoms. The molecule has 0 unspecified atom stereocenters. The van der Waals surface area contributed by atoms with Crippen LogP contribution in [0.15, 0.2) is 18.2 Å². The normalized spacial score (nSPS) is 19.8. The predicted molar refractivity (Wildman–Crippen MR) is 102 cm³/mol. The molecule has 134 valence electrons. The molecular formula is C22H28O3. The minimum absolute atomic E-state index is 0.134. The summed E-state index contributed by atoms with van der Waals surface area (Å²) in [6.45, 7) is 8.54. The largest absolute Gasteiger partial charge is 0.496 e. The molecule has 0 saturated carbocycles. The van der Waals surface area contributed by atoms with Crippen molar-refractivity contribution in [2.24, 2.45) is 0 Å². The van der Waals surface area contributed by atoms with E-state index in [0.717, 1.165) is 30.6 Å². The fourth-order valence-electron chi connectivity index (χ4n) is 4.30. The fourth-order valence-corrected chi connectivity index (χ4v) is 4.30. The van der Waals surface area contributed by atoms with Crippen molar-refractivity contribution in [1.29, 1.82) is 0 Å². The van der Waals surface area contributed by atoms with Crippen LogP contribution in [0.2, 0.25) is 0 Å². The molecular weight excluding hydrogens is 312 g/mol. The monoisotopic (exact) mass is 340 g/mol. The van der Waals surface area contributed by atoms with Crippen LogP contribution in [0.3, 0.4) is 0 Å². The van der Waals surface area contributed by atoms with Crippen LogP contribution in [0.25, 0.3) is 10.8 Å². The van der Waals surface area contributed by atoms with E-state index in [9.17, 15) is 4.79 Å². The van der Waals surface area contributed by atoms with Crippen molar-refractivity contribution in [1.82, 2.24) is 0 Å². The Kier molecular flexibility index (Phi) is 4.52. The number of methoxy groups -OCH3 is 2. The Balaban J connectivity index is 2.33. The Morgan fingerprint density at radius 3 is 2.52 bits per heavy atom. The summed E-state index contributed by atoms with van der Waals surface area (Å²) in [6.07, 6.45) is 2.86.